The lowest BCUT2D eigenvalue weighted by atomic mass is 9.99. The van der Waals surface area contributed by atoms with Crippen LogP contribution < -0.4 is 4.89 Å². The van der Waals surface area contributed by atoms with E-state index in [1.54, 1.807) is 0 Å². The molecule has 1 saturated heterocycles. The molecule has 0 aliphatic carbocycles. The molecule has 0 unspecified atom stereocenters. The van der Waals surface area contributed by atoms with Crippen molar-refractivity contribution in [1.29, 1.82) is 0 Å². The SMILES string of the molecule is O=C(O)C1CCN(S(=O)(=O)NO)CC1. The summed E-state index contributed by atoms with van der Waals surface area (Å²) in [5.74, 6) is -1.39. The maximum Gasteiger partial charge on any atom is 0.306 e. The zero-order chi connectivity index (χ0) is 10.8. The predicted molar refractivity (Wildman–Crippen MR) is 45.8 cm³/mol. The number of piperidine rings is 1. The smallest absolute Gasteiger partial charge is 0.306 e. The third kappa shape index (κ3) is 2.41. The minimum atomic E-state index is -3.82. The Bertz CT molecular complexity index is 306. The Morgan fingerprint density at radius 2 is 1.86 bits per heavy atom. The maximum atomic E-state index is 11.0. The highest BCUT2D eigenvalue weighted by atomic mass is 32.2. The molecule has 82 valence electrons. The summed E-state index contributed by atoms with van der Waals surface area (Å²) in [5.41, 5.74) is 0. The Labute approximate surface area is 81.5 Å². The van der Waals surface area contributed by atoms with Crippen molar-refractivity contribution < 1.29 is 23.5 Å². The summed E-state index contributed by atoms with van der Waals surface area (Å²) in [6, 6.07) is 0. The number of hydrogen-bond acceptors (Lipinski definition) is 4. The first-order chi connectivity index (χ1) is 6.47. The van der Waals surface area contributed by atoms with Gasteiger partial charge in [-0.2, -0.15) is 12.7 Å². The summed E-state index contributed by atoms with van der Waals surface area (Å²) in [7, 11) is -3.82. The molecule has 1 fully saturated rings. The van der Waals surface area contributed by atoms with Crippen LogP contribution in [0.1, 0.15) is 12.8 Å². The van der Waals surface area contributed by atoms with E-state index in [1.807, 2.05) is 0 Å². The number of hydrogen-bond donors (Lipinski definition) is 3. The number of carboxylic acid groups (broad SMARTS) is 1. The third-order valence-electron chi connectivity index (χ3n) is 2.26. The Morgan fingerprint density at radius 1 is 1.36 bits per heavy atom. The second-order valence-electron chi connectivity index (χ2n) is 3.11. The third-order valence-corrected chi connectivity index (χ3v) is 3.53. The zero-order valence-corrected chi connectivity index (χ0v) is 8.20. The summed E-state index contributed by atoms with van der Waals surface area (Å²) < 4.78 is 23.1. The number of aliphatic carboxylic acids is 1. The van der Waals surface area contributed by atoms with Gasteiger partial charge in [-0.25, -0.2) is 0 Å². The molecule has 0 bridgehead atoms. The number of carboxylic acids is 1. The van der Waals surface area contributed by atoms with Crippen LogP contribution in [-0.4, -0.2) is 42.1 Å². The standard InChI is InChI=1S/C6H12N2O5S/c9-6(10)5-1-3-8(4-2-5)14(12,13)7-11/h5,7,11H,1-4H2,(H,9,10). The van der Waals surface area contributed by atoms with Crippen LogP contribution in [0.3, 0.4) is 0 Å². The Morgan fingerprint density at radius 3 is 2.21 bits per heavy atom. The molecule has 1 heterocycles. The zero-order valence-electron chi connectivity index (χ0n) is 7.38. The van der Waals surface area contributed by atoms with Crippen molar-refractivity contribution in [2.24, 2.45) is 5.92 Å². The van der Waals surface area contributed by atoms with E-state index in [0.717, 1.165) is 4.31 Å². The number of rotatable bonds is 3. The first kappa shape index (κ1) is 11.4. The summed E-state index contributed by atoms with van der Waals surface area (Å²) >= 11 is 0. The van der Waals surface area contributed by atoms with Crippen LogP contribution in [0, 0.1) is 5.92 Å². The molecule has 0 aromatic rings. The minimum absolute atomic E-state index is 0.118. The Kier molecular flexibility index (Phi) is 3.43. The number of nitrogens with zero attached hydrogens (tertiary/aromatic N) is 1. The summed E-state index contributed by atoms with van der Waals surface area (Å²) in [6.45, 7) is 0.236. The van der Waals surface area contributed by atoms with Gasteiger partial charge in [0.25, 0.3) is 0 Å². The first-order valence-electron chi connectivity index (χ1n) is 4.11. The summed E-state index contributed by atoms with van der Waals surface area (Å²) in [4.78, 5) is 11.8. The summed E-state index contributed by atoms with van der Waals surface area (Å²) in [6.07, 6.45) is 0.548. The predicted octanol–water partition coefficient (Wildman–Crippen LogP) is -0.993. The molecule has 0 aromatic heterocycles. The second kappa shape index (κ2) is 4.22. The molecule has 1 rings (SSSR count). The van der Waals surface area contributed by atoms with Gasteiger partial charge in [0.1, 0.15) is 0 Å². The van der Waals surface area contributed by atoms with Crippen LogP contribution in [0.15, 0.2) is 0 Å². The average molecular weight is 224 g/mol. The lowest BCUT2D eigenvalue weighted by Gasteiger charge is -2.28. The molecule has 1 aliphatic heterocycles. The van der Waals surface area contributed by atoms with Crippen molar-refractivity contribution in [3.8, 4) is 0 Å². The van der Waals surface area contributed by atoms with E-state index in [0.29, 0.717) is 0 Å². The van der Waals surface area contributed by atoms with Gasteiger partial charge in [0, 0.05) is 13.1 Å². The lowest BCUT2D eigenvalue weighted by molar-refractivity contribution is -0.142. The van der Waals surface area contributed by atoms with Crippen LogP contribution in [0.25, 0.3) is 0 Å². The van der Waals surface area contributed by atoms with Gasteiger partial charge in [0.2, 0.25) is 0 Å². The molecule has 0 amide bonds. The lowest BCUT2D eigenvalue weighted by Crippen LogP contribution is -2.44. The average Bonchev–Trinajstić information content (AvgIpc) is 2.18. The van der Waals surface area contributed by atoms with Gasteiger partial charge in [0.05, 0.1) is 5.92 Å². The van der Waals surface area contributed by atoms with Crippen molar-refractivity contribution in [3.05, 3.63) is 0 Å². The highest BCUT2D eigenvalue weighted by molar-refractivity contribution is 7.86. The molecule has 0 spiro atoms. The van der Waals surface area contributed by atoms with E-state index in [1.165, 1.54) is 4.89 Å². The monoisotopic (exact) mass is 224 g/mol. The van der Waals surface area contributed by atoms with Crippen molar-refractivity contribution in [2.75, 3.05) is 13.1 Å². The van der Waals surface area contributed by atoms with Crippen molar-refractivity contribution >= 4 is 16.2 Å². The number of nitrogens with one attached hydrogen (secondary N) is 1. The normalized spacial score (nSPS) is 20.9. The molecule has 0 atom stereocenters. The highest BCUT2D eigenvalue weighted by Gasteiger charge is 2.30. The van der Waals surface area contributed by atoms with Gasteiger partial charge in [-0.15, -0.1) is 0 Å². The van der Waals surface area contributed by atoms with Gasteiger partial charge in [-0.3, -0.25) is 4.79 Å². The Hall–Kier alpha value is -0.700. The molecular weight excluding hydrogens is 212 g/mol. The van der Waals surface area contributed by atoms with Crippen LogP contribution in [0.5, 0.6) is 0 Å². The van der Waals surface area contributed by atoms with Crippen LogP contribution in [0.4, 0.5) is 0 Å². The maximum absolute atomic E-state index is 11.0. The topological polar surface area (TPSA) is 107 Å². The quantitative estimate of drug-likeness (QED) is 0.533. The van der Waals surface area contributed by atoms with Gasteiger partial charge in [0.15, 0.2) is 0 Å². The molecule has 1 aliphatic rings. The van der Waals surface area contributed by atoms with Crippen molar-refractivity contribution in [1.82, 2.24) is 9.19 Å². The fourth-order valence-corrected chi connectivity index (χ4v) is 2.21. The van der Waals surface area contributed by atoms with Crippen molar-refractivity contribution in [3.63, 3.8) is 0 Å². The molecule has 0 radical (unpaired) electrons. The molecule has 0 saturated carbocycles. The van der Waals surface area contributed by atoms with Gasteiger partial charge >= 0.3 is 16.2 Å². The van der Waals surface area contributed by atoms with Crippen LogP contribution in [-0.2, 0) is 15.0 Å². The van der Waals surface area contributed by atoms with E-state index in [2.05, 4.69) is 0 Å². The van der Waals surface area contributed by atoms with Gasteiger partial charge < -0.3 is 10.3 Å². The molecule has 14 heavy (non-hydrogen) atoms. The number of carbonyl (C=O) groups is 1. The molecule has 0 aromatic carbocycles. The minimum Gasteiger partial charge on any atom is -0.481 e. The van der Waals surface area contributed by atoms with E-state index in [9.17, 15) is 13.2 Å². The van der Waals surface area contributed by atoms with Crippen LogP contribution >= 0.6 is 0 Å². The molecule has 7 nitrogen and oxygen atoms in total. The molecular formula is C6H12N2O5S. The first-order valence-corrected chi connectivity index (χ1v) is 5.55. The van der Waals surface area contributed by atoms with Gasteiger partial charge in [-0.05, 0) is 12.8 Å². The Balaban J connectivity index is 2.56. The fourth-order valence-electron chi connectivity index (χ4n) is 1.40. The fraction of sp³-hybridized carbons (Fsp3) is 0.833. The van der Waals surface area contributed by atoms with Crippen molar-refractivity contribution in [2.45, 2.75) is 12.8 Å². The van der Waals surface area contributed by atoms with E-state index < -0.39 is 22.1 Å². The van der Waals surface area contributed by atoms with Gasteiger partial charge in [-0.1, -0.05) is 4.89 Å². The van der Waals surface area contributed by atoms with E-state index >= 15 is 0 Å². The molecule has 3 N–H and O–H groups in total. The van der Waals surface area contributed by atoms with E-state index in [-0.39, 0.29) is 25.9 Å². The highest BCUT2D eigenvalue weighted by Crippen LogP contribution is 2.18. The van der Waals surface area contributed by atoms with E-state index in [4.69, 9.17) is 10.3 Å². The summed E-state index contributed by atoms with van der Waals surface area (Å²) in [5, 5.41) is 17.0. The largest absolute Gasteiger partial charge is 0.481 e. The van der Waals surface area contributed by atoms with Crippen LogP contribution in [0.2, 0.25) is 0 Å². The second-order valence-corrected chi connectivity index (χ2v) is 4.76. The molecule has 8 heteroatoms.